The summed E-state index contributed by atoms with van der Waals surface area (Å²) in [7, 11) is 0. The van der Waals surface area contributed by atoms with Crippen LogP contribution in [0.4, 0.5) is 0 Å². The second kappa shape index (κ2) is 12.1. The van der Waals surface area contributed by atoms with Crippen molar-refractivity contribution in [2.24, 2.45) is 10.9 Å². The molecular weight excluding hydrogens is 310 g/mol. The van der Waals surface area contributed by atoms with Gasteiger partial charge in [-0.15, -0.1) is 0 Å². The van der Waals surface area contributed by atoms with Gasteiger partial charge in [0, 0.05) is 16.1 Å². The van der Waals surface area contributed by atoms with E-state index < -0.39 is 0 Å². The Morgan fingerprint density at radius 1 is 1.25 bits per heavy atom. The summed E-state index contributed by atoms with van der Waals surface area (Å²) in [6, 6.07) is 0. The molecule has 0 N–H and O–H groups in total. The number of allylic oxidation sites excluding steroid dienone is 5. The van der Waals surface area contributed by atoms with E-state index in [0.717, 1.165) is 23.9 Å². The molecule has 0 saturated heterocycles. The fourth-order valence-electron chi connectivity index (χ4n) is 2.32. The van der Waals surface area contributed by atoms with E-state index >= 15 is 0 Å². The van der Waals surface area contributed by atoms with Crippen LogP contribution in [0.15, 0.2) is 39.4 Å². The standard InChI is InChI=1S/C18H30BrN/c1-6-10-12-17(19)13-14-20-15(5)18(9-4)16(8-3)11-7-2/h8,10,12-13,18H,6-7,9,11,14H2,1-5H3/b12-10?,16-8-,17-13+,20-15+. The van der Waals surface area contributed by atoms with E-state index in [0.29, 0.717) is 5.92 Å². The minimum absolute atomic E-state index is 0.512. The zero-order chi connectivity index (χ0) is 15.4. The molecule has 20 heavy (non-hydrogen) atoms. The van der Waals surface area contributed by atoms with Crippen LogP contribution >= 0.6 is 15.9 Å². The molecule has 0 aromatic carbocycles. The molecule has 1 atom stereocenters. The van der Waals surface area contributed by atoms with E-state index in [4.69, 9.17) is 4.99 Å². The minimum Gasteiger partial charge on any atom is -0.290 e. The largest absolute Gasteiger partial charge is 0.290 e. The number of nitrogens with zero attached hydrogens (tertiary/aromatic N) is 1. The fourth-order valence-corrected chi connectivity index (χ4v) is 2.65. The van der Waals surface area contributed by atoms with Gasteiger partial charge < -0.3 is 0 Å². The summed E-state index contributed by atoms with van der Waals surface area (Å²) in [6.07, 6.45) is 13.2. The monoisotopic (exact) mass is 339 g/mol. The van der Waals surface area contributed by atoms with Crippen molar-refractivity contribution in [1.29, 1.82) is 0 Å². The smallest absolute Gasteiger partial charge is 0.0583 e. The Morgan fingerprint density at radius 3 is 2.45 bits per heavy atom. The number of hydrogen-bond donors (Lipinski definition) is 0. The van der Waals surface area contributed by atoms with Crippen molar-refractivity contribution in [2.75, 3.05) is 6.54 Å². The molecule has 0 spiro atoms. The first kappa shape index (κ1) is 19.4. The Labute approximate surface area is 134 Å². The van der Waals surface area contributed by atoms with Gasteiger partial charge in [-0.1, -0.05) is 66.9 Å². The first-order chi connectivity index (χ1) is 9.60. The zero-order valence-corrected chi connectivity index (χ0v) is 15.3. The molecule has 0 aliphatic carbocycles. The van der Waals surface area contributed by atoms with Crippen LogP contribution in [0, 0.1) is 5.92 Å². The van der Waals surface area contributed by atoms with Gasteiger partial charge in [-0.2, -0.15) is 0 Å². The third kappa shape index (κ3) is 7.84. The van der Waals surface area contributed by atoms with E-state index in [9.17, 15) is 0 Å². The predicted molar refractivity (Wildman–Crippen MR) is 96.9 cm³/mol. The average Bonchev–Trinajstić information content (AvgIpc) is 2.44. The molecule has 0 fully saturated rings. The molecule has 1 nitrogen and oxygen atoms in total. The van der Waals surface area contributed by atoms with Crippen LogP contribution in [-0.2, 0) is 0 Å². The Hall–Kier alpha value is -0.630. The van der Waals surface area contributed by atoms with Crippen LogP contribution in [0.25, 0.3) is 0 Å². The van der Waals surface area contributed by atoms with Crippen LogP contribution in [0.2, 0.25) is 0 Å². The van der Waals surface area contributed by atoms with E-state index in [1.807, 2.05) is 0 Å². The maximum absolute atomic E-state index is 4.73. The normalized spacial score (nSPS) is 16.0. The molecule has 2 heteroatoms. The lowest BCUT2D eigenvalue weighted by molar-refractivity contribution is 0.702. The van der Waals surface area contributed by atoms with Crippen molar-refractivity contribution in [3.05, 3.63) is 34.4 Å². The number of aliphatic imine (C=N–C) groups is 1. The van der Waals surface area contributed by atoms with Crippen molar-refractivity contribution in [2.45, 2.75) is 60.3 Å². The van der Waals surface area contributed by atoms with Gasteiger partial charge in [0.2, 0.25) is 0 Å². The first-order valence-corrected chi connectivity index (χ1v) is 8.58. The molecule has 0 aromatic rings. The molecule has 0 heterocycles. The molecule has 0 bridgehead atoms. The summed E-state index contributed by atoms with van der Waals surface area (Å²) in [6.45, 7) is 11.7. The molecule has 0 aromatic heterocycles. The van der Waals surface area contributed by atoms with Crippen molar-refractivity contribution >= 4 is 21.6 Å². The minimum atomic E-state index is 0.512. The fraction of sp³-hybridized carbons (Fsp3) is 0.611. The molecule has 114 valence electrons. The van der Waals surface area contributed by atoms with Crippen LogP contribution in [0.3, 0.4) is 0 Å². The topological polar surface area (TPSA) is 12.4 Å². The highest BCUT2D eigenvalue weighted by Gasteiger charge is 2.13. The highest BCUT2D eigenvalue weighted by molar-refractivity contribution is 9.11. The predicted octanol–water partition coefficient (Wildman–Crippen LogP) is 6.46. The van der Waals surface area contributed by atoms with Gasteiger partial charge >= 0.3 is 0 Å². The van der Waals surface area contributed by atoms with Crippen LogP contribution in [0.5, 0.6) is 0 Å². The molecule has 1 unspecified atom stereocenters. The lowest BCUT2D eigenvalue weighted by atomic mass is 9.89. The van der Waals surface area contributed by atoms with Crippen molar-refractivity contribution in [1.82, 2.24) is 0 Å². The Balaban J connectivity index is 4.72. The van der Waals surface area contributed by atoms with Gasteiger partial charge in [-0.25, -0.2) is 0 Å². The zero-order valence-electron chi connectivity index (χ0n) is 13.7. The Bertz CT molecular complexity index is 375. The average molecular weight is 340 g/mol. The highest BCUT2D eigenvalue weighted by atomic mass is 79.9. The van der Waals surface area contributed by atoms with E-state index in [1.165, 1.54) is 24.1 Å². The van der Waals surface area contributed by atoms with Gasteiger partial charge in [-0.3, -0.25) is 4.99 Å². The molecule has 0 aliphatic heterocycles. The highest BCUT2D eigenvalue weighted by Crippen LogP contribution is 2.22. The molecule has 0 aliphatic rings. The van der Waals surface area contributed by atoms with Gasteiger partial charge in [-0.05, 0) is 39.2 Å². The van der Waals surface area contributed by atoms with E-state index in [2.05, 4.69) is 74.9 Å². The quantitative estimate of drug-likeness (QED) is 0.259. The number of hydrogen-bond acceptors (Lipinski definition) is 1. The molecular formula is C18H30BrN. The third-order valence-corrected chi connectivity index (χ3v) is 4.00. The first-order valence-electron chi connectivity index (χ1n) is 7.78. The third-order valence-electron chi connectivity index (χ3n) is 3.41. The summed E-state index contributed by atoms with van der Waals surface area (Å²) in [4.78, 5) is 4.73. The lowest BCUT2D eigenvalue weighted by Gasteiger charge is -2.18. The summed E-state index contributed by atoms with van der Waals surface area (Å²) in [5, 5.41) is 0. The molecule has 0 rings (SSSR count). The SMILES string of the molecule is C/C=C(/CCC)C(CC)/C(C)=N/C/C=C(/Br)C=CCC. The maximum atomic E-state index is 4.73. The molecule has 0 saturated carbocycles. The Kier molecular flexibility index (Phi) is 11.8. The van der Waals surface area contributed by atoms with Crippen LogP contribution < -0.4 is 0 Å². The van der Waals surface area contributed by atoms with Crippen molar-refractivity contribution in [3.63, 3.8) is 0 Å². The lowest BCUT2D eigenvalue weighted by Crippen LogP contribution is -2.13. The van der Waals surface area contributed by atoms with Crippen molar-refractivity contribution in [3.8, 4) is 0 Å². The maximum Gasteiger partial charge on any atom is 0.0583 e. The Morgan fingerprint density at radius 2 is 1.95 bits per heavy atom. The summed E-state index contributed by atoms with van der Waals surface area (Å²) >= 11 is 3.54. The van der Waals surface area contributed by atoms with Gasteiger partial charge in [0.15, 0.2) is 0 Å². The van der Waals surface area contributed by atoms with Crippen molar-refractivity contribution < 1.29 is 0 Å². The van der Waals surface area contributed by atoms with E-state index in [-0.39, 0.29) is 0 Å². The number of rotatable bonds is 9. The summed E-state index contributed by atoms with van der Waals surface area (Å²) in [5.74, 6) is 0.512. The summed E-state index contributed by atoms with van der Waals surface area (Å²) in [5.41, 5.74) is 2.79. The summed E-state index contributed by atoms with van der Waals surface area (Å²) < 4.78 is 1.11. The second-order valence-corrected chi connectivity index (χ2v) is 5.87. The van der Waals surface area contributed by atoms with Crippen LogP contribution in [-0.4, -0.2) is 12.3 Å². The van der Waals surface area contributed by atoms with Gasteiger partial charge in [0.05, 0.1) is 6.54 Å². The number of halogens is 1. The molecule has 0 radical (unpaired) electrons. The van der Waals surface area contributed by atoms with E-state index in [1.54, 1.807) is 0 Å². The van der Waals surface area contributed by atoms with Gasteiger partial charge in [0.25, 0.3) is 0 Å². The van der Waals surface area contributed by atoms with Gasteiger partial charge in [0.1, 0.15) is 0 Å². The van der Waals surface area contributed by atoms with Crippen LogP contribution in [0.1, 0.15) is 60.3 Å². The second-order valence-electron chi connectivity index (χ2n) is 4.96. The molecule has 0 amide bonds.